The average molecular weight is 609 g/mol. The maximum atomic E-state index is 13.5. The Bertz CT molecular complexity index is 1650. The first kappa shape index (κ1) is 32.5. The zero-order valence-electron chi connectivity index (χ0n) is 25.3. The van der Waals surface area contributed by atoms with Gasteiger partial charge in [0.1, 0.15) is 37.2 Å². The van der Waals surface area contributed by atoms with Crippen LogP contribution in [-0.2, 0) is 23.7 Å². The number of rotatable bonds is 10. The molecule has 1 fully saturated rings. The van der Waals surface area contributed by atoms with E-state index in [1.165, 1.54) is 6.92 Å². The molecule has 2 unspecified atom stereocenters. The van der Waals surface area contributed by atoms with Crippen molar-refractivity contribution in [2.75, 3.05) is 13.2 Å². The maximum Gasteiger partial charge on any atom is 0.338 e. The van der Waals surface area contributed by atoms with Crippen LogP contribution in [0.1, 0.15) is 54.7 Å². The van der Waals surface area contributed by atoms with E-state index in [1.54, 1.807) is 78.9 Å². The Kier molecular flexibility index (Phi) is 10.4. The van der Waals surface area contributed by atoms with Crippen molar-refractivity contribution in [3.05, 3.63) is 118 Å². The molecule has 1 saturated heterocycles. The van der Waals surface area contributed by atoms with Gasteiger partial charge >= 0.3 is 17.9 Å². The van der Waals surface area contributed by atoms with Gasteiger partial charge in [0.25, 0.3) is 0 Å². The predicted octanol–water partition coefficient (Wildman–Crippen LogP) is 5.33. The molecular formula is C35H32N2O8. The van der Waals surface area contributed by atoms with Gasteiger partial charge in [-0.15, -0.1) is 0 Å². The fraction of sp³-hybridized carbons (Fsp3) is 0.286. The largest absolute Gasteiger partial charge is 0.485 e. The maximum absolute atomic E-state index is 13.5. The third-order valence-electron chi connectivity index (χ3n) is 7.29. The zero-order valence-corrected chi connectivity index (χ0v) is 25.3. The van der Waals surface area contributed by atoms with Crippen molar-refractivity contribution in [2.24, 2.45) is 0 Å². The van der Waals surface area contributed by atoms with E-state index in [9.17, 15) is 19.6 Å². The molecule has 0 spiro atoms. The summed E-state index contributed by atoms with van der Waals surface area (Å²) < 4.78 is 29.0. The molecule has 10 nitrogen and oxygen atoms in total. The first-order chi connectivity index (χ1) is 21.5. The lowest BCUT2D eigenvalue weighted by Crippen LogP contribution is -2.52. The van der Waals surface area contributed by atoms with Crippen LogP contribution in [0.25, 0.3) is 0 Å². The number of nitrogens with zero attached hydrogens (tertiary/aromatic N) is 2. The lowest BCUT2D eigenvalue weighted by Gasteiger charge is -2.34. The van der Waals surface area contributed by atoms with Gasteiger partial charge in [-0.2, -0.15) is 10.5 Å². The highest BCUT2D eigenvalue weighted by Gasteiger charge is 2.61. The van der Waals surface area contributed by atoms with Gasteiger partial charge in [0.2, 0.25) is 0 Å². The predicted molar refractivity (Wildman–Crippen MR) is 161 cm³/mol. The lowest BCUT2D eigenvalue weighted by atomic mass is 9.88. The molecule has 4 rings (SSSR count). The quantitative estimate of drug-likeness (QED) is 0.0974. The van der Waals surface area contributed by atoms with E-state index >= 15 is 0 Å². The number of benzene rings is 3. The topological polar surface area (TPSA) is 145 Å². The third-order valence-corrected chi connectivity index (χ3v) is 7.29. The van der Waals surface area contributed by atoms with Crippen molar-refractivity contribution in [2.45, 2.75) is 51.6 Å². The molecular weight excluding hydrogens is 576 g/mol. The van der Waals surface area contributed by atoms with Crippen LogP contribution in [-0.4, -0.2) is 55.0 Å². The average Bonchev–Trinajstić information content (AvgIpc) is 3.29. The van der Waals surface area contributed by atoms with Gasteiger partial charge in [-0.3, -0.25) is 0 Å². The zero-order chi connectivity index (χ0) is 32.6. The first-order valence-corrected chi connectivity index (χ1v) is 14.1. The van der Waals surface area contributed by atoms with E-state index in [-0.39, 0.29) is 23.3 Å². The highest BCUT2D eigenvalue weighted by Crippen LogP contribution is 2.41. The minimum absolute atomic E-state index is 0.145. The Hall–Kier alpha value is -5.45. The van der Waals surface area contributed by atoms with E-state index in [2.05, 4.69) is 0 Å². The molecule has 10 heteroatoms. The Morgan fingerprint density at radius 1 is 0.800 bits per heavy atom. The van der Waals surface area contributed by atoms with Crippen LogP contribution >= 0.6 is 0 Å². The summed E-state index contributed by atoms with van der Waals surface area (Å²) in [5.41, 5.74) is 1.56. The van der Waals surface area contributed by atoms with E-state index in [4.69, 9.17) is 28.9 Å². The van der Waals surface area contributed by atoms with Gasteiger partial charge in [0.15, 0.2) is 18.3 Å². The molecule has 3 aromatic carbocycles. The van der Waals surface area contributed by atoms with E-state index in [1.807, 2.05) is 26.8 Å². The fourth-order valence-corrected chi connectivity index (χ4v) is 4.78. The van der Waals surface area contributed by atoms with Crippen molar-refractivity contribution >= 4 is 17.9 Å². The van der Waals surface area contributed by atoms with Crippen molar-refractivity contribution in [1.29, 1.82) is 10.5 Å². The molecule has 0 radical (unpaired) electrons. The molecule has 0 aliphatic carbocycles. The van der Waals surface area contributed by atoms with Gasteiger partial charge < -0.3 is 23.7 Å². The van der Waals surface area contributed by atoms with Crippen molar-refractivity contribution in [3.63, 3.8) is 0 Å². The Labute approximate surface area is 261 Å². The van der Waals surface area contributed by atoms with Crippen LogP contribution in [0, 0.1) is 43.4 Å². The Balaban J connectivity index is 1.73. The number of hydrogen-bond donors (Lipinski definition) is 0. The summed E-state index contributed by atoms with van der Waals surface area (Å²) in [4.78, 5) is 39.8. The van der Waals surface area contributed by atoms with Crippen LogP contribution < -0.4 is 0 Å². The molecule has 0 amide bonds. The number of hydrogen-bond acceptors (Lipinski definition) is 10. The van der Waals surface area contributed by atoms with Crippen molar-refractivity contribution in [1.82, 2.24) is 0 Å². The van der Waals surface area contributed by atoms with Crippen LogP contribution in [0.4, 0.5) is 0 Å². The second-order valence-electron chi connectivity index (χ2n) is 10.8. The molecule has 45 heavy (non-hydrogen) atoms. The summed E-state index contributed by atoms with van der Waals surface area (Å²) in [5, 5.41) is 19.0. The van der Waals surface area contributed by atoms with E-state index in [0.717, 1.165) is 23.0 Å². The van der Waals surface area contributed by atoms with Gasteiger partial charge in [-0.25, -0.2) is 14.4 Å². The number of carbonyl (C=O) groups is 3. The standard InChI is InChI=1S/C35H32N2O8/c1-22-5-11-25(12-6-22)32(38)42-21-29-31(44-33(39)26-13-7-23(2)8-14-26)35(4,30(43-29)28(19-37)20-41-18-17-36)45-34(40)27-15-9-24(3)10-16-27/h5-16,20,29-31H,18,21H2,1-4H3/b28-20+/t29?,30?,31-,35+/m1/s1. The summed E-state index contributed by atoms with van der Waals surface area (Å²) in [5.74, 6) is -2.17. The molecule has 1 aliphatic rings. The molecule has 0 aromatic heterocycles. The summed E-state index contributed by atoms with van der Waals surface area (Å²) >= 11 is 0. The highest BCUT2D eigenvalue weighted by atomic mass is 16.7. The van der Waals surface area contributed by atoms with Gasteiger partial charge in [0, 0.05) is 0 Å². The summed E-state index contributed by atoms with van der Waals surface area (Å²) in [6, 6.07) is 23.8. The number of esters is 3. The monoisotopic (exact) mass is 608 g/mol. The summed E-state index contributed by atoms with van der Waals surface area (Å²) in [6.07, 6.45) is -2.84. The van der Waals surface area contributed by atoms with Crippen LogP contribution in [0.5, 0.6) is 0 Å². The Morgan fingerprint density at radius 2 is 1.29 bits per heavy atom. The number of ether oxygens (including phenoxy) is 5. The lowest BCUT2D eigenvalue weighted by molar-refractivity contribution is -0.0821. The van der Waals surface area contributed by atoms with Gasteiger partial charge in [-0.05, 0) is 64.1 Å². The molecule has 4 atom stereocenters. The number of carbonyl (C=O) groups excluding carboxylic acids is 3. The van der Waals surface area contributed by atoms with Gasteiger partial charge in [-0.1, -0.05) is 53.1 Å². The Morgan fingerprint density at radius 3 is 1.78 bits per heavy atom. The van der Waals surface area contributed by atoms with Crippen molar-refractivity contribution < 1.29 is 38.1 Å². The molecule has 1 aliphatic heterocycles. The van der Waals surface area contributed by atoms with Crippen LogP contribution in [0.2, 0.25) is 0 Å². The first-order valence-electron chi connectivity index (χ1n) is 14.1. The molecule has 1 heterocycles. The summed E-state index contributed by atoms with van der Waals surface area (Å²) in [7, 11) is 0. The van der Waals surface area contributed by atoms with Crippen LogP contribution in [0.3, 0.4) is 0 Å². The SMILES string of the molecule is Cc1ccc(C(=O)OCC2OC(/C(C#N)=C/OCC#N)[C@](C)(OC(=O)c3ccc(C)cc3)[C@@H]2OC(=O)c2ccc(C)cc2)cc1. The summed E-state index contributed by atoms with van der Waals surface area (Å²) in [6.45, 7) is 6.31. The third kappa shape index (κ3) is 7.74. The minimum Gasteiger partial charge on any atom is -0.485 e. The number of aryl methyl sites for hydroxylation is 3. The number of nitriles is 2. The molecule has 0 N–H and O–H groups in total. The highest BCUT2D eigenvalue weighted by molar-refractivity contribution is 5.91. The molecule has 0 saturated carbocycles. The fourth-order valence-electron chi connectivity index (χ4n) is 4.78. The molecule has 230 valence electrons. The molecule has 3 aromatic rings. The van der Waals surface area contributed by atoms with Crippen LogP contribution in [0.15, 0.2) is 84.6 Å². The van der Waals surface area contributed by atoms with Crippen molar-refractivity contribution in [3.8, 4) is 12.1 Å². The normalized spacial score (nSPS) is 20.8. The van der Waals surface area contributed by atoms with E-state index in [0.29, 0.717) is 5.56 Å². The minimum atomic E-state index is -1.82. The van der Waals surface area contributed by atoms with Gasteiger partial charge in [0.05, 0.1) is 22.3 Å². The second kappa shape index (κ2) is 14.3. The van der Waals surface area contributed by atoms with E-state index < -0.39 is 48.4 Å². The second-order valence-corrected chi connectivity index (χ2v) is 10.8. The smallest absolute Gasteiger partial charge is 0.338 e. The molecule has 0 bridgehead atoms.